The van der Waals surface area contributed by atoms with Gasteiger partial charge in [-0.2, -0.15) is 0 Å². The molecule has 6 heteroatoms. The van der Waals surface area contributed by atoms with Crippen LogP contribution in [0.4, 0.5) is 0 Å². The summed E-state index contributed by atoms with van der Waals surface area (Å²) in [5.74, 6) is 1.68. The standard InChI is InChI=1S/C21H29N3O3/c25-20(17-11-24-8-6-13(17)7-9-24)23-18(14-4-5-14)10-22-21(26)19-16-3-1-2-15(16)12-27-19/h12-14,17-18H,1-11H2,(H,22,26)(H,23,25). The third kappa shape index (κ3) is 3.40. The number of nitrogens with zero attached hydrogens (tertiary/aromatic N) is 1. The maximum atomic E-state index is 12.9. The van der Waals surface area contributed by atoms with Gasteiger partial charge in [0.1, 0.15) is 0 Å². The first kappa shape index (κ1) is 17.3. The Labute approximate surface area is 160 Å². The van der Waals surface area contributed by atoms with Crippen molar-refractivity contribution in [3.05, 3.63) is 23.2 Å². The first-order chi connectivity index (χ1) is 13.2. The number of carbonyl (C=O) groups excluding carboxylic acids is 2. The lowest BCUT2D eigenvalue weighted by Crippen LogP contribution is -2.55. The van der Waals surface area contributed by atoms with E-state index < -0.39 is 0 Å². The Bertz CT molecular complexity index is 731. The second-order valence-corrected chi connectivity index (χ2v) is 8.83. The molecule has 27 heavy (non-hydrogen) atoms. The van der Waals surface area contributed by atoms with Crippen LogP contribution in [0.2, 0.25) is 0 Å². The van der Waals surface area contributed by atoms with Gasteiger partial charge in [-0.15, -0.1) is 0 Å². The van der Waals surface area contributed by atoms with Gasteiger partial charge in [0.15, 0.2) is 5.76 Å². The Morgan fingerprint density at radius 2 is 2.00 bits per heavy atom. The van der Waals surface area contributed by atoms with Crippen LogP contribution in [0.5, 0.6) is 0 Å². The van der Waals surface area contributed by atoms with E-state index in [9.17, 15) is 9.59 Å². The van der Waals surface area contributed by atoms with Crippen molar-refractivity contribution in [1.29, 1.82) is 0 Å². The summed E-state index contributed by atoms with van der Waals surface area (Å²) in [5, 5.41) is 6.30. The van der Waals surface area contributed by atoms with Crippen molar-refractivity contribution in [2.45, 2.75) is 51.0 Å². The third-order valence-electron chi connectivity index (χ3n) is 7.05. The molecule has 6 rings (SSSR count). The number of fused-ring (bicyclic) bond motifs is 4. The van der Waals surface area contributed by atoms with Gasteiger partial charge in [-0.05, 0) is 75.4 Å². The summed E-state index contributed by atoms with van der Waals surface area (Å²) in [5.41, 5.74) is 2.25. The summed E-state index contributed by atoms with van der Waals surface area (Å²) in [6.07, 6.45) is 9.32. The van der Waals surface area contributed by atoms with Gasteiger partial charge >= 0.3 is 0 Å². The Morgan fingerprint density at radius 1 is 1.19 bits per heavy atom. The van der Waals surface area contributed by atoms with Crippen molar-refractivity contribution in [2.75, 3.05) is 26.2 Å². The molecule has 2 bridgehead atoms. The van der Waals surface area contributed by atoms with Gasteiger partial charge in [0.2, 0.25) is 5.91 Å². The van der Waals surface area contributed by atoms with Crippen molar-refractivity contribution in [3.8, 4) is 0 Å². The van der Waals surface area contributed by atoms with Crippen molar-refractivity contribution in [3.63, 3.8) is 0 Å². The fourth-order valence-corrected chi connectivity index (χ4v) is 5.22. The second kappa shape index (κ2) is 6.97. The van der Waals surface area contributed by atoms with Crippen LogP contribution in [0.1, 0.15) is 53.8 Å². The average Bonchev–Trinajstić information content (AvgIpc) is 3.30. The number of aryl methyl sites for hydroxylation is 1. The number of nitrogens with one attached hydrogen (secondary N) is 2. The number of hydrogen-bond donors (Lipinski definition) is 2. The molecule has 2 amide bonds. The molecule has 0 radical (unpaired) electrons. The van der Waals surface area contributed by atoms with Crippen LogP contribution < -0.4 is 10.6 Å². The van der Waals surface area contributed by atoms with E-state index in [1.165, 1.54) is 5.56 Å². The van der Waals surface area contributed by atoms with Crippen molar-refractivity contribution in [2.24, 2.45) is 17.8 Å². The molecule has 2 unspecified atom stereocenters. The molecule has 2 atom stereocenters. The van der Waals surface area contributed by atoms with Gasteiger partial charge in [0.05, 0.1) is 12.2 Å². The Morgan fingerprint density at radius 3 is 2.70 bits per heavy atom. The predicted molar refractivity (Wildman–Crippen MR) is 100 cm³/mol. The molecule has 3 saturated heterocycles. The minimum atomic E-state index is -0.138. The fourth-order valence-electron chi connectivity index (χ4n) is 5.22. The van der Waals surface area contributed by atoms with Crippen molar-refractivity contribution in [1.82, 2.24) is 15.5 Å². The SMILES string of the molecule is O=C(NCC(NC(=O)C1CN2CCC1CC2)C1CC1)c1occ2c1CCC2. The molecule has 1 aromatic rings. The predicted octanol–water partition coefficient (Wildman–Crippen LogP) is 1.73. The van der Waals surface area contributed by atoms with Crippen LogP contribution in [0.3, 0.4) is 0 Å². The molecular weight excluding hydrogens is 342 g/mol. The second-order valence-electron chi connectivity index (χ2n) is 8.83. The van der Waals surface area contributed by atoms with E-state index in [1.54, 1.807) is 6.26 Å². The number of carbonyl (C=O) groups is 2. The van der Waals surface area contributed by atoms with Gasteiger partial charge < -0.3 is 20.0 Å². The van der Waals surface area contributed by atoms with E-state index in [0.717, 1.165) is 70.1 Å². The van der Waals surface area contributed by atoms with Crippen LogP contribution in [-0.2, 0) is 17.6 Å². The molecule has 4 heterocycles. The molecule has 146 valence electrons. The minimum absolute atomic E-state index is 0.0416. The maximum Gasteiger partial charge on any atom is 0.287 e. The third-order valence-corrected chi connectivity index (χ3v) is 7.05. The first-order valence-electron chi connectivity index (χ1n) is 10.6. The van der Waals surface area contributed by atoms with Gasteiger partial charge in [0, 0.05) is 24.7 Å². The highest BCUT2D eigenvalue weighted by molar-refractivity contribution is 5.93. The van der Waals surface area contributed by atoms with E-state index in [1.807, 2.05) is 0 Å². The number of furan rings is 1. The Hall–Kier alpha value is -1.82. The fraction of sp³-hybridized carbons (Fsp3) is 0.714. The molecule has 0 spiro atoms. The van der Waals surface area contributed by atoms with E-state index in [2.05, 4.69) is 15.5 Å². The molecule has 0 aromatic carbocycles. The molecule has 3 aliphatic heterocycles. The maximum absolute atomic E-state index is 12.9. The zero-order chi connectivity index (χ0) is 18.4. The zero-order valence-corrected chi connectivity index (χ0v) is 15.8. The molecular formula is C21H29N3O3. The van der Waals surface area contributed by atoms with Crippen molar-refractivity contribution >= 4 is 11.8 Å². The lowest BCUT2D eigenvalue weighted by molar-refractivity contribution is -0.131. The summed E-state index contributed by atoms with van der Waals surface area (Å²) in [6, 6.07) is 0.0416. The smallest absolute Gasteiger partial charge is 0.287 e. The number of hydrogen-bond acceptors (Lipinski definition) is 4. The van der Waals surface area contributed by atoms with E-state index in [-0.39, 0.29) is 23.8 Å². The Balaban J connectivity index is 1.19. The summed E-state index contributed by atoms with van der Waals surface area (Å²) in [7, 11) is 0. The Kier molecular flexibility index (Phi) is 4.46. The summed E-state index contributed by atoms with van der Waals surface area (Å²) in [6.45, 7) is 3.68. The highest BCUT2D eigenvalue weighted by atomic mass is 16.3. The molecule has 2 aliphatic carbocycles. The van der Waals surface area contributed by atoms with Crippen molar-refractivity contribution < 1.29 is 14.0 Å². The van der Waals surface area contributed by atoms with Gasteiger partial charge in [-0.1, -0.05) is 0 Å². The van der Waals surface area contributed by atoms with Crippen LogP contribution in [0.15, 0.2) is 10.7 Å². The zero-order valence-electron chi connectivity index (χ0n) is 15.8. The molecule has 4 fully saturated rings. The summed E-state index contributed by atoms with van der Waals surface area (Å²) < 4.78 is 5.51. The largest absolute Gasteiger partial charge is 0.459 e. The van der Waals surface area contributed by atoms with E-state index in [0.29, 0.717) is 24.1 Å². The van der Waals surface area contributed by atoms with E-state index >= 15 is 0 Å². The number of amides is 2. The molecule has 5 aliphatic rings. The van der Waals surface area contributed by atoms with E-state index in [4.69, 9.17) is 4.42 Å². The molecule has 1 saturated carbocycles. The number of rotatable bonds is 6. The summed E-state index contributed by atoms with van der Waals surface area (Å²) >= 11 is 0. The van der Waals surface area contributed by atoms with Gasteiger partial charge in [-0.25, -0.2) is 0 Å². The quantitative estimate of drug-likeness (QED) is 0.799. The monoisotopic (exact) mass is 371 g/mol. The van der Waals surface area contributed by atoms with Crippen LogP contribution in [-0.4, -0.2) is 48.9 Å². The van der Waals surface area contributed by atoms with Crippen LogP contribution in [0, 0.1) is 17.8 Å². The summed E-state index contributed by atoms with van der Waals surface area (Å²) in [4.78, 5) is 27.9. The van der Waals surface area contributed by atoms with Gasteiger partial charge in [-0.3, -0.25) is 9.59 Å². The highest BCUT2D eigenvalue weighted by Gasteiger charge is 2.40. The van der Waals surface area contributed by atoms with Crippen LogP contribution >= 0.6 is 0 Å². The highest BCUT2D eigenvalue weighted by Crippen LogP contribution is 2.35. The van der Waals surface area contributed by atoms with Crippen LogP contribution in [0.25, 0.3) is 0 Å². The average molecular weight is 371 g/mol. The molecule has 1 aromatic heterocycles. The topological polar surface area (TPSA) is 74.6 Å². The number of piperidine rings is 3. The van der Waals surface area contributed by atoms with Gasteiger partial charge in [0.25, 0.3) is 5.91 Å². The normalized spacial score (nSPS) is 30.0. The first-order valence-corrected chi connectivity index (χ1v) is 10.6. The lowest BCUT2D eigenvalue weighted by Gasteiger charge is -2.44. The minimum Gasteiger partial charge on any atom is -0.459 e. The molecule has 6 nitrogen and oxygen atoms in total. The lowest BCUT2D eigenvalue weighted by atomic mass is 9.78. The molecule has 2 N–H and O–H groups in total.